The standard InChI is InChI=1S/C7H6N2O2S/c10-12(11)7-4-2-1-3-6(7)5-8-9-12/h1-5,9H. The van der Waals surface area contributed by atoms with E-state index in [1.54, 1.807) is 24.3 Å². The summed E-state index contributed by atoms with van der Waals surface area (Å²) in [5.74, 6) is 0. The average Bonchev–Trinajstić information content (AvgIpc) is 2.04. The molecule has 0 amide bonds. The number of hydrogen-bond donors (Lipinski definition) is 1. The monoisotopic (exact) mass is 182 g/mol. The molecule has 62 valence electrons. The summed E-state index contributed by atoms with van der Waals surface area (Å²) >= 11 is 0. The van der Waals surface area contributed by atoms with Gasteiger partial charge in [0.2, 0.25) is 0 Å². The van der Waals surface area contributed by atoms with Crippen LogP contribution in [-0.4, -0.2) is 14.6 Å². The lowest BCUT2D eigenvalue weighted by Crippen LogP contribution is -2.23. The van der Waals surface area contributed by atoms with Gasteiger partial charge in [0.1, 0.15) is 0 Å². The highest BCUT2D eigenvalue weighted by atomic mass is 32.2. The van der Waals surface area contributed by atoms with Crippen molar-refractivity contribution in [1.82, 2.24) is 4.83 Å². The zero-order valence-corrected chi connectivity index (χ0v) is 6.88. The lowest BCUT2D eigenvalue weighted by Gasteiger charge is -2.10. The van der Waals surface area contributed by atoms with Gasteiger partial charge in [-0.15, -0.1) is 0 Å². The molecule has 0 spiro atoms. The molecule has 2 rings (SSSR count). The molecule has 0 unspecified atom stereocenters. The first-order chi connectivity index (χ1) is 5.70. The highest BCUT2D eigenvalue weighted by molar-refractivity contribution is 7.89. The van der Waals surface area contributed by atoms with Gasteiger partial charge in [-0.05, 0) is 6.07 Å². The molecule has 0 aromatic heterocycles. The second-order valence-corrected chi connectivity index (χ2v) is 4.02. The van der Waals surface area contributed by atoms with Crippen LogP contribution in [0, 0.1) is 0 Å². The molecule has 0 fully saturated rings. The van der Waals surface area contributed by atoms with Gasteiger partial charge in [0.05, 0.1) is 11.1 Å². The first-order valence-electron chi connectivity index (χ1n) is 3.34. The molecule has 1 N–H and O–H groups in total. The van der Waals surface area contributed by atoms with E-state index in [1.807, 2.05) is 0 Å². The van der Waals surface area contributed by atoms with E-state index in [4.69, 9.17) is 0 Å². The Morgan fingerprint density at radius 2 is 2.00 bits per heavy atom. The first kappa shape index (κ1) is 7.30. The number of sulfonamides is 1. The topological polar surface area (TPSA) is 58.5 Å². The van der Waals surface area contributed by atoms with Crippen LogP contribution in [0.25, 0.3) is 0 Å². The minimum Gasteiger partial charge on any atom is -0.200 e. The molecule has 0 aliphatic carbocycles. The minimum atomic E-state index is -3.39. The van der Waals surface area contributed by atoms with Crippen LogP contribution in [0.3, 0.4) is 0 Å². The maximum absolute atomic E-state index is 11.2. The number of nitrogens with zero attached hydrogens (tertiary/aromatic N) is 1. The van der Waals surface area contributed by atoms with E-state index in [9.17, 15) is 8.42 Å². The van der Waals surface area contributed by atoms with E-state index in [2.05, 4.69) is 9.93 Å². The third-order valence-corrected chi connectivity index (χ3v) is 2.88. The second-order valence-electron chi connectivity index (χ2n) is 2.39. The van der Waals surface area contributed by atoms with Gasteiger partial charge in [-0.1, -0.05) is 18.2 Å². The highest BCUT2D eigenvalue weighted by Gasteiger charge is 2.18. The Morgan fingerprint density at radius 3 is 2.75 bits per heavy atom. The lowest BCUT2D eigenvalue weighted by atomic mass is 10.2. The normalized spacial score (nSPS) is 18.0. The molecule has 1 aromatic rings. The van der Waals surface area contributed by atoms with Crippen LogP contribution in [0.2, 0.25) is 0 Å². The Balaban J connectivity index is 2.77. The van der Waals surface area contributed by atoms with Gasteiger partial charge in [0, 0.05) is 5.56 Å². The van der Waals surface area contributed by atoms with Crippen molar-refractivity contribution in [2.24, 2.45) is 5.10 Å². The van der Waals surface area contributed by atoms with E-state index < -0.39 is 10.0 Å². The van der Waals surface area contributed by atoms with Crippen molar-refractivity contribution in [2.45, 2.75) is 4.90 Å². The van der Waals surface area contributed by atoms with Crippen LogP contribution in [-0.2, 0) is 10.0 Å². The molecule has 0 radical (unpaired) electrons. The zero-order valence-electron chi connectivity index (χ0n) is 6.06. The summed E-state index contributed by atoms with van der Waals surface area (Å²) < 4.78 is 22.5. The predicted octanol–water partition coefficient (Wildman–Crippen LogP) is 0.312. The third kappa shape index (κ3) is 0.984. The van der Waals surface area contributed by atoms with Crippen LogP contribution in [0.1, 0.15) is 5.56 Å². The van der Waals surface area contributed by atoms with E-state index in [0.717, 1.165) is 0 Å². The summed E-state index contributed by atoms with van der Waals surface area (Å²) in [6, 6.07) is 6.70. The molecule has 4 nitrogen and oxygen atoms in total. The molecule has 0 saturated heterocycles. The van der Waals surface area contributed by atoms with Crippen LogP contribution in [0.5, 0.6) is 0 Å². The molecule has 0 atom stereocenters. The first-order valence-corrected chi connectivity index (χ1v) is 4.82. The number of rotatable bonds is 0. The van der Waals surface area contributed by atoms with Crippen LogP contribution in [0.15, 0.2) is 34.3 Å². The molecular formula is C7H6N2O2S. The molecule has 0 saturated carbocycles. The number of hydrogen-bond acceptors (Lipinski definition) is 3. The Hall–Kier alpha value is -1.36. The Labute approximate surface area is 70.0 Å². The third-order valence-electron chi connectivity index (χ3n) is 1.59. The highest BCUT2D eigenvalue weighted by Crippen LogP contribution is 2.15. The summed E-state index contributed by atoms with van der Waals surface area (Å²) in [7, 11) is -3.39. The molecular weight excluding hydrogens is 176 g/mol. The van der Waals surface area contributed by atoms with E-state index in [0.29, 0.717) is 5.56 Å². The molecule has 12 heavy (non-hydrogen) atoms. The van der Waals surface area contributed by atoms with Crippen LogP contribution < -0.4 is 4.83 Å². The fourth-order valence-electron chi connectivity index (χ4n) is 1.05. The average molecular weight is 182 g/mol. The van der Waals surface area contributed by atoms with Gasteiger partial charge < -0.3 is 0 Å². The molecule has 0 bridgehead atoms. The van der Waals surface area contributed by atoms with Gasteiger partial charge in [0.25, 0.3) is 10.0 Å². The van der Waals surface area contributed by atoms with Crippen molar-refractivity contribution in [3.05, 3.63) is 29.8 Å². The summed E-state index contributed by atoms with van der Waals surface area (Å²) in [5, 5.41) is 3.51. The summed E-state index contributed by atoms with van der Waals surface area (Å²) in [5.41, 5.74) is 0.622. The fourth-order valence-corrected chi connectivity index (χ4v) is 2.02. The van der Waals surface area contributed by atoms with Gasteiger partial charge in [-0.25, -0.2) is 4.83 Å². The van der Waals surface area contributed by atoms with E-state index in [-0.39, 0.29) is 4.90 Å². The van der Waals surface area contributed by atoms with Crippen molar-refractivity contribution in [3.63, 3.8) is 0 Å². The van der Waals surface area contributed by atoms with Crippen molar-refractivity contribution in [1.29, 1.82) is 0 Å². The molecule has 1 aliphatic heterocycles. The SMILES string of the molecule is O=S1(=O)NN=Cc2ccccc21. The number of hydrazone groups is 1. The maximum atomic E-state index is 11.2. The van der Waals surface area contributed by atoms with Gasteiger partial charge in [-0.3, -0.25) is 0 Å². The quantitative estimate of drug-likeness (QED) is 0.627. The van der Waals surface area contributed by atoms with Gasteiger partial charge >= 0.3 is 0 Å². The summed E-state index contributed by atoms with van der Waals surface area (Å²) in [4.78, 5) is 2.33. The van der Waals surface area contributed by atoms with Crippen LogP contribution >= 0.6 is 0 Å². The summed E-state index contributed by atoms with van der Waals surface area (Å²) in [6.45, 7) is 0. The van der Waals surface area contributed by atoms with Crippen molar-refractivity contribution in [2.75, 3.05) is 0 Å². The molecule has 1 aromatic carbocycles. The lowest BCUT2D eigenvalue weighted by molar-refractivity contribution is 0.583. The second kappa shape index (κ2) is 2.31. The van der Waals surface area contributed by atoms with Crippen molar-refractivity contribution in [3.8, 4) is 0 Å². The van der Waals surface area contributed by atoms with Crippen molar-refractivity contribution >= 4 is 16.2 Å². The molecule has 1 aliphatic rings. The molecule has 1 heterocycles. The zero-order chi connectivity index (χ0) is 8.60. The van der Waals surface area contributed by atoms with Crippen LogP contribution in [0.4, 0.5) is 0 Å². The number of fused-ring (bicyclic) bond motifs is 1. The maximum Gasteiger partial charge on any atom is 0.277 e. The largest absolute Gasteiger partial charge is 0.277 e. The van der Waals surface area contributed by atoms with E-state index >= 15 is 0 Å². The summed E-state index contributed by atoms with van der Waals surface area (Å²) in [6.07, 6.45) is 1.48. The Morgan fingerprint density at radius 1 is 1.25 bits per heavy atom. The Kier molecular flexibility index (Phi) is 1.41. The Bertz CT molecular complexity index is 436. The number of nitrogens with one attached hydrogen (secondary N) is 1. The van der Waals surface area contributed by atoms with E-state index in [1.165, 1.54) is 6.21 Å². The fraction of sp³-hybridized carbons (Fsp3) is 0. The molecule has 5 heteroatoms. The minimum absolute atomic E-state index is 0.278. The van der Waals surface area contributed by atoms with Crippen molar-refractivity contribution < 1.29 is 8.42 Å². The number of benzene rings is 1. The van der Waals surface area contributed by atoms with Gasteiger partial charge in [0.15, 0.2) is 0 Å². The smallest absolute Gasteiger partial charge is 0.200 e. The van der Waals surface area contributed by atoms with Gasteiger partial charge in [-0.2, -0.15) is 13.5 Å². The predicted molar refractivity (Wildman–Crippen MR) is 44.4 cm³/mol.